The van der Waals surface area contributed by atoms with Crippen LogP contribution in [0, 0.1) is 0 Å². The van der Waals surface area contributed by atoms with E-state index < -0.39 is 0 Å². The van der Waals surface area contributed by atoms with Gasteiger partial charge in [-0.05, 0) is 40.8 Å². The van der Waals surface area contributed by atoms with Gasteiger partial charge < -0.3 is 20.4 Å². The molecule has 4 rings (SSSR count). The smallest absolute Gasteiger partial charge is 0.267 e. The van der Waals surface area contributed by atoms with Gasteiger partial charge >= 0.3 is 0 Å². The molecule has 1 aliphatic heterocycles. The Balaban J connectivity index is 1.55. The first-order valence-corrected chi connectivity index (χ1v) is 11.4. The molecule has 32 heavy (non-hydrogen) atoms. The van der Waals surface area contributed by atoms with Crippen LogP contribution in [0.2, 0.25) is 0 Å². The molecule has 6 nitrogen and oxygen atoms in total. The third-order valence-electron chi connectivity index (χ3n) is 6.14. The van der Waals surface area contributed by atoms with Crippen molar-refractivity contribution < 1.29 is 9.53 Å². The number of nitrogen functional groups attached to an aromatic ring is 1. The van der Waals surface area contributed by atoms with Crippen LogP contribution < -0.4 is 11.1 Å². The third kappa shape index (κ3) is 5.14. The number of fused-ring (bicyclic) bond motifs is 1. The van der Waals surface area contributed by atoms with E-state index in [1.54, 1.807) is 0 Å². The standard InChI is InChI=1S/C26H34N4O2/c1-26(2,3)21-6-4-19(5-7-21)18-30-23-9-8-22(27)16-20(23)17-24(30)25(31)28-10-11-29-12-14-32-15-13-29/h4-9,16-17H,10-15,18,27H2,1-3H3,(H,28,31). The first-order valence-electron chi connectivity index (χ1n) is 11.4. The van der Waals surface area contributed by atoms with Crippen molar-refractivity contribution in [3.05, 3.63) is 65.4 Å². The van der Waals surface area contributed by atoms with Crippen molar-refractivity contribution >= 4 is 22.5 Å². The van der Waals surface area contributed by atoms with Crippen LogP contribution in [-0.4, -0.2) is 54.8 Å². The Hall–Kier alpha value is -2.83. The number of nitrogens with zero attached hydrogens (tertiary/aromatic N) is 2. The molecule has 0 saturated carbocycles. The molecule has 1 aromatic heterocycles. The van der Waals surface area contributed by atoms with Gasteiger partial charge in [0.2, 0.25) is 0 Å². The van der Waals surface area contributed by atoms with Crippen LogP contribution in [0.15, 0.2) is 48.5 Å². The maximum atomic E-state index is 13.1. The minimum atomic E-state index is -0.0562. The van der Waals surface area contributed by atoms with Gasteiger partial charge in [-0.3, -0.25) is 9.69 Å². The summed E-state index contributed by atoms with van der Waals surface area (Å²) in [5, 5.41) is 4.08. The minimum absolute atomic E-state index is 0.0562. The number of carbonyl (C=O) groups excluding carboxylic acids is 1. The lowest BCUT2D eigenvalue weighted by molar-refractivity contribution is 0.0383. The molecule has 6 heteroatoms. The van der Waals surface area contributed by atoms with Crippen LogP contribution in [0.25, 0.3) is 10.9 Å². The molecule has 1 aliphatic rings. The Bertz CT molecular complexity index is 1070. The molecule has 0 radical (unpaired) electrons. The van der Waals surface area contributed by atoms with Crippen molar-refractivity contribution in [3.63, 3.8) is 0 Å². The summed E-state index contributed by atoms with van der Waals surface area (Å²) in [7, 11) is 0. The van der Waals surface area contributed by atoms with Crippen LogP contribution >= 0.6 is 0 Å². The highest BCUT2D eigenvalue weighted by Gasteiger charge is 2.18. The van der Waals surface area contributed by atoms with Gasteiger partial charge in [0.15, 0.2) is 0 Å². The number of anilines is 1. The molecule has 1 fully saturated rings. The number of hydrogen-bond acceptors (Lipinski definition) is 4. The molecule has 0 unspecified atom stereocenters. The van der Waals surface area contributed by atoms with E-state index in [2.05, 4.69) is 59.8 Å². The Kier molecular flexibility index (Phi) is 6.53. The molecule has 170 valence electrons. The molecule has 3 aromatic rings. The monoisotopic (exact) mass is 434 g/mol. The van der Waals surface area contributed by atoms with Crippen molar-refractivity contribution in [1.29, 1.82) is 0 Å². The van der Waals surface area contributed by atoms with E-state index in [1.807, 2.05) is 24.3 Å². The van der Waals surface area contributed by atoms with Gasteiger partial charge in [-0.25, -0.2) is 0 Å². The zero-order chi connectivity index (χ0) is 22.7. The molecule has 0 atom stereocenters. The molecule has 0 spiro atoms. The summed E-state index contributed by atoms with van der Waals surface area (Å²) < 4.78 is 7.48. The lowest BCUT2D eigenvalue weighted by atomic mass is 9.87. The van der Waals surface area contributed by atoms with E-state index >= 15 is 0 Å². The fraction of sp³-hybridized carbons (Fsp3) is 0.423. The normalized spacial score (nSPS) is 15.2. The van der Waals surface area contributed by atoms with Crippen LogP contribution in [0.1, 0.15) is 42.4 Å². The number of hydrogen-bond donors (Lipinski definition) is 2. The van der Waals surface area contributed by atoms with Crippen LogP contribution in [-0.2, 0) is 16.7 Å². The van der Waals surface area contributed by atoms with Gasteiger partial charge in [-0.2, -0.15) is 0 Å². The van der Waals surface area contributed by atoms with Crippen molar-refractivity contribution in [3.8, 4) is 0 Å². The lowest BCUT2D eigenvalue weighted by Crippen LogP contribution is -2.41. The average Bonchev–Trinajstić information content (AvgIpc) is 3.11. The topological polar surface area (TPSA) is 72.5 Å². The van der Waals surface area contributed by atoms with Crippen LogP contribution in [0.5, 0.6) is 0 Å². The summed E-state index contributed by atoms with van der Waals surface area (Å²) >= 11 is 0. The number of ether oxygens (including phenoxy) is 1. The second kappa shape index (κ2) is 9.35. The molecule has 0 aliphatic carbocycles. The predicted octanol–water partition coefficient (Wildman–Crippen LogP) is 3.63. The number of carbonyl (C=O) groups is 1. The molecule has 2 heterocycles. The van der Waals surface area contributed by atoms with Crippen molar-refractivity contribution in [2.24, 2.45) is 0 Å². The largest absolute Gasteiger partial charge is 0.399 e. The summed E-state index contributed by atoms with van der Waals surface area (Å²) in [6.45, 7) is 12.1. The van der Waals surface area contributed by atoms with E-state index in [1.165, 1.54) is 5.56 Å². The fourth-order valence-corrected chi connectivity index (χ4v) is 4.18. The molecule has 2 aromatic carbocycles. The highest BCUT2D eigenvalue weighted by atomic mass is 16.5. The number of rotatable bonds is 6. The van der Waals surface area contributed by atoms with E-state index in [-0.39, 0.29) is 11.3 Å². The predicted molar refractivity (Wildman–Crippen MR) is 130 cm³/mol. The van der Waals surface area contributed by atoms with Gasteiger partial charge in [-0.1, -0.05) is 45.0 Å². The summed E-state index contributed by atoms with van der Waals surface area (Å²) in [6, 6.07) is 16.4. The van der Waals surface area contributed by atoms with E-state index in [0.717, 1.165) is 49.3 Å². The van der Waals surface area contributed by atoms with Gasteiger partial charge in [0.1, 0.15) is 5.69 Å². The minimum Gasteiger partial charge on any atom is -0.399 e. The molecule has 0 bridgehead atoms. The van der Waals surface area contributed by atoms with Crippen molar-refractivity contribution in [2.75, 3.05) is 45.1 Å². The van der Waals surface area contributed by atoms with Gasteiger partial charge in [-0.15, -0.1) is 0 Å². The summed E-state index contributed by atoms with van der Waals surface area (Å²) in [5.41, 5.74) is 10.9. The second-order valence-corrected chi connectivity index (χ2v) is 9.59. The van der Waals surface area contributed by atoms with Gasteiger partial charge in [0.25, 0.3) is 5.91 Å². The molecule has 1 saturated heterocycles. The number of morpholine rings is 1. The number of amides is 1. The molecular weight excluding hydrogens is 400 g/mol. The Morgan fingerprint density at radius 1 is 1.06 bits per heavy atom. The van der Waals surface area contributed by atoms with E-state index in [9.17, 15) is 4.79 Å². The summed E-state index contributed by atoms with van der Waals surface area (Å²) in [4.78, 5) is 15.4. The zero-order valence-corrected chi connectivity index (χ0v) is 19.4. The van der Waals surface area contributed by atoms with Gasteiger partial charge in [0, 0.05) is 49.3 Å². The third-order valence-corrected chi connectivity index (χ3v) is 6.14. The van der Waals surface area contributed by atoms with Crippen LogP contribution in [0.4, 0.5) is 5.69 Å². The van der Waals surface area contributed by atoms with E-state index in [0.29, 0.717) is 24.5 Å². The number of aromatic nitrogens is 1. The summed E-state index contributed by atoms with van der Waals surface area (Å²) in [5.74, 6) is -0.0562. The quantitative estimate of drug-likeness (QED) is 0.581. The highest BCUT2D eigenvalue weighted by Crippen LogP contribution is 2.26. The SMILES string of the molecule is CC(C)(C)c1ccc(Cn2c(C(=O)NCCN3CCOCC3)cc3cc(N)ccc32)cc1. The molecular formula is C26H34N4O2. The van der Waals surface area contributed by atoms with Crippen LogP contribution in [0.3, 0.4) is 0 Å². The van der Waals surface area contributed by atoms with E-state index in [4.69, 9.17) is 10.5 Å². The Labute approximate surface area is 190 Å². The Morgan fingerprint density at radius 2 is 1.78 bits per heavy atom. The Morgan fingerprint density at radius 3 is 2.47 bits per heavy atom. The van der Waals surface area contributed by atoms with Crippen molar-refractivity contribution in [2.45, 2.75) is 32.7 Å². The second-order valence-electron chi connectivity index (χ2n) is 9.59. The molecule has 1 amide bonds. The first kappa shape index (κ1) is 22.4. The fourth-order valence-electron chi connectivity index (χ4n) is 4.18. The average molecular weight is 435 g/mol. The number of nitrogens with one attached hydrogen (secondary N) is 1. The van der Waals surface area contributed by atoms with Gasteiger partial charge in [0.05, 0.1) is 13.2 Å². The number of benzene rings is 2. The maximum Gasteiger partial charge on any atom is 0.267 e. The number of nitrogens with two attached hydrogens (primary N) is 1. The maximum absolute atomic E-state index is 13.1. The lowest BCUT2D eigenvalue weighted by Gasteiger charge is -2.26. The highest BCUT2D eigenvalue weighted by molar-refractivity contribution is 5.99. The molecule has 3 N–H and O–H groups in total. The summed E-state index contributed by atoms with van der Waals surface area (Å²) in [6.07, 6.45) is 0. The zero-order valence-electron chi connectivity index (χ0n) is 19.4. The van der Waals surface area contributed by atoms with Crippen molar-refractivity contribution in [1.82, 2.24) is 14.8 Å². The first-order chi connectivity index (χ1) is 15.3.